The maximum Gasteiger partial charge on any atom is 0.410 e. The fourth-order valence-corrected chi connectivity index (χ4v) is 3.28. The summed E-state index contributed by atoms with van der Waals surface area (Å²) in [7, 11) is 1.43. The molecule has 2 heterocycles. The Morgan fingerprint density at radius 2 is 2.00 bits per heavy atom. The molecule has 26 heavy (non-hydrogen) atoms. The van der Waals surface area contributed by atoms with Crippen LogP contribution in [-0.2, 0) is 4.74 Å². The van der Waals surface area contributed by atoms with Crippen LogP contribution in [0.15, 0.2) is 12.1 Å². The lowest BCUT2D eigenvalue weighted by Gasteiger charge is -2.45. The number of methoxy groups -OCH3 is 1. The van der Waals surface area contributed by atoms with Crippen molar-refractivity contribution in [3.8, 4) is 11.5 Å². The first kappa shape index (κ1) is 18.2. The molecule has 1 N–H and O–H groups in total. The second-order valence-electron chi connectivity index (χ2n) is 7.38. The quantitative estimate of drug-likeness (QED) is 0.861. The first-order valence-corrected chi connectivity index (χ1v) is 8.53. The minimum Gasteiger partial charge on any atom is -0.492 e. The Morgan fingerprint density at radius 3 is 2.62 bits per heavy atom. The molecule has 1 aromatic carbocycles. The molecule has 1 aromatic rings. The number of anilines is 1. The molecule has 142 valence electrons. The minimum atomic E-state index is -1.06. The van der Waals surface area contributed by atoms with Gasteiger partial charge >= 0.3 is 12.1 Å². The number of amides is 1. The van der Waals surface area contributed by atoms with E-state index in [0.717, 1.165) is 5.69 Å². The Hall–Kier alpha value is -2.64. The second kappa shape index (κ2) is 6.59. The Kier molecular flexibility index (Phi) is 4.60. The maximum absolute atomic E-state index is 12.3. The third-order valence-electron chi connectivity index (χ3n) is 4.39. The van der Waals surface area contributed by atoms with Crippen LogP contribution in [0, 0.1) is 0 Å². The van der Waals surface area contributed by atoms with Crippen molar-refractivity contribution in [2.24, 2.45) is 0 Å². The summed E-state index contributed by atoms with van der Waals surface area (Å²) in [6.07, 6.45) is -0.332. The molecule has 0 spiro atoms. The van der Waals surface area contributed by atoms with Gasteiger partial charge in [-0.2, -0.15) is 0 Å². The number of carbonyl (C=O) groups excluding carboxylic acids is 1. The van der Waals surface area contributed by atoms with Crippen molar-refractivity contribution < 1.29 is 28.9 Å². The molecule has 1 atom stereocenters. The van der Waals surface area contributed by atoms with Gasteiger partial charge in [-0.05, 0) is 32.9 Å². The van der Waals surface area contributed by atoms with E-state index < -0.39 is 11.6 Å². The van der Waals surface area contributed by atoms with E-state index in [4.69, 9.17) is 14.2 Å². The van der Waals surface area contributed by atoms with Gasteiger partial charge in [0.1, 0.15) is 17.8 Å². The van der Waals surface area contributed by atoms with E-state index in [0.29, 0.717) is 32.0 Å². The zero-order valence-corrected chi connectivity index (χ0v) is 15.4. The molecule has 0 aliphatic carbocycles. The van der Waals surface area contributed by atoms with Gasteiger partial charge in [0, 0.05) is 19.6 Å². The SMILES string of the molecule is COc1c(C(=O)O)ccc2c1OC[C@H]1CN(C(=O)OC(C)(C)C)CCN21. The predicted octanol–water partition coefficient (Wildman–Crippen LogP) is 2.21. The highest BCUT2D eigenvalue weighted by Crippen LogP contribution is 2.44. The van der Waals surface area contributed by atoms with Crippen molar-refractivity contribution in [2.75, 3.05) is 38.3 Å². The Morgan fingerprint density at radius 1 is 1.27 bits per heavy atom. The van der Waals surface area contributed by atoms with Gasteiger partial charge in [-0.1, -0.05) is 0 Å². The lowest BCUT2D eigenvalue weighted by Crippen LogP contribution is -2.59. The second-order valence-corrected chi connectivity index (χ2v) is 7.38. The third kappa shape index (κ3) is 3.36. The van der Waals surface area contributed by atoms with Crippen LogP contribution >= 0.6 is 0 Å². The number of nitrogens with zero attached hydrogens (tertiary/aromatic N) is 2. The van der Waals surface area contributed by atoms with Crippen LogP contribution in [0.3, 0.4) is 0 Å². The van der Waals surface area contributed by atoms with Crippen LogP contribution in [0.25, 0.3) is 0 Å². The monoisotopic (exact) mass is 364 g/mol. The average Bonchev–Trinajstić information content (AvgIpc) is 2.58. The summed E-state index contributed by atoms with van der Waals surface area (Å²) in [5.41, 5.74) is 0.314. The molecule has 0 saturated carbocycles. The Bertz CT molecular complexity index is 727. The number of hydrogen-bond donors (Lipinski definition) is 1. The van der Waals surface area contributed by atoms with Gasteiger partial charge in [0.25, 0.3) is 0 Å². The third-order valence-corrected chi connectivity index (χ3v) is 4.39. The summed E-state index contributed by atoms with van der Waals surface area (Å²) in [5.74, 6) is -0.400. The van der Waals surface area contributed by atoms with Crippen LogP contribution < -0.4 is 14.4 Å². The maximum atomic E-state index is 12.3. The van der Waals surface area contributed by atoms with Gasteiger partial charge in [0.15, 0.2) is 11.5 Å². The molecule has 1 fully saturated rings. The highest BCUT2D eigenvalue weighted by atomic mass is 16.6. The van der Waals surface area contributed by atoms with Crippen LogP contribution in [-0.4, -0.2) is 67.1 Å². The molecule has 2 aliphatic rings. The molecule has 1 amide bonds. The number of carboxylic acids is 1. The molecule has 8 heteroatoms. The average molecular weight is 364 g/mol. The standard InChI is InChI=1S/C18H24N2O6/c1-18(2,3)26-17(23)19-7-8-20-11(9-19)10-25-15-13(20)6-5-12(16(21)22)14(15)24-4/h5-6,11H,7-10H2,1-4H3,(H,21,22)/t11-/m1/s1. The predicted molar refractivity (Wildman–Crippen MR) is 94.4 cm³/mol. The normalized spacial score (nSPS) is 19.2. The largest absolute Gasteiger partial charge is 0.492 e. The molecule has 0 unspecified atom stereocenters. The van der Waals surface area contributed by atoms with Crippen LogP contribution in [0.2, 0.25) is 0 Å². The number of aromatic carboxylic acids is 1. The molecule has 2 aliphatic heterocycles. The topological polar surface area (TPSA) is 88.5 Å². The number of carboxylic acid groups (broad SMARTS) is 1. The number of piperazine rings is 1. The highest BCUT2D eigenvalue weighted by Gasteiger charge is 2.37. The van der Waals surface area contributed by atoms with Crippen LogP contribution in [0.1, 0.15) is 31.1 Å². The van der Waals surface area contributed by atoms with Crippen molar-refractivity contribution in [2.45, 2.75) is 32.4 Å². The van der Waals surface area contributed by atoms with Crippen LogP contribution in [0.5, 0.6) is 11.5 Å². The lowest BCUT2D eigenvalue weighted by atomic mass is 10.1. The van der Waals surface area contributed by atoms with E-state index in [-0.39, 0.29) is 23.4 Å². The number of benzene rings is 1. The van der Waals surface area contributed by atoms with E-state index in [1.54, 1.807) is 11.0 Å². The summed E-state index contributed by atoms with van der Waals surface area (Å²) in [5, 5.41) is 9.31. The molecule has 0 bridgehead atoms. The molecular formula is C18H24N2O6. The van der Waals surface area contributed by atoms with Gasteiger partial charge in [0.05, 0.1) is 18.8 Å². The van der Waals surface area contributed by atoms with Gasteiger partial charge in [-0.25, -0.2) is 9.59 Å². The zero-order chi connectivity index (χ0) is 19.1. The Balaban J connectivity index is 1.81. The number of fused-ring (bicyclic) bond motifs is 3. The van der Waals surface area contributed by atoms with Gasteiger partial charge < -0.3 is 29.1 Å². The molecule has 0 aromatic heterocycles. The summed E-state index contributed by atoms with van der Waals surface area (Å²) < 4.78 is 16.6. The molecular weight excluding hydrogens is 340 g/mol. The fourth-order valence-electron chi connectivity index (χ4n) is 3.28. The van der Waals surface area contributed by atoms with E-state index >= 15 is 0 Å². The van der Waals surface area contributed by atoms with Crippen molar-refractivity contribution in [3.05, 3.63) is 17.7 Å². The number of rotatable bonds is 2. The summed E-state index contributed by atoms with van der Waals surface area (Å²) in [6, 6.07) is 3.23. The van der Waals surface area contributed by atoms with E-state index in [2.05, 4.69) is 4.90 Å². The minimum absolute atomic E-state index is 0.0239. The highest BCUT2D eigenvalue weighted by molar-refractivity contribution is 5.94. The summed E-state index contributed by atoms with van der Waals surface area (Å²) in [4.78, 5) is 27.5. The van der Waals surface area contributed by atoms with Crippen molar-refractivity contribution in [1.82, 2.24) is 4.90 Å². The van der Waals surface area contributed by atoms with Crippen molar-refractivity contribution >= 4 is 17.7 Å². The molecule has 3 rings (SSSR count). The van der Waals surface area contributed by atoms with Crippen molar-refractivity contribution in [3.63, 3.8) is 0 Å². The number of ether oxygens (including phenoxy) is 3. The summed E-state index contributed by atoms with van der Waals surface area (Å²) in [6.45, 7) is 7.47. The van der Waals surface area contributed by atoms with Gasteiger partial charge in [0.2, 0.25) is 0 Å². The fraction of sp³-hybridized carbons (Fsp3) is 0.556. The van der Waals surface area contributed by atoms with Gasteiger partial charge in [-0.3, -0.25) is 0 Å². The molecule has 8 nitrogen and oxygen atoms in total. The lowest BCUT2D eigenvalue weighted by molar-refractivity contribution is 0.0193. The van der Waals surface area contributed by atoms with Crippen LogP contribution in [0.4, 0.5) is 10.5 Å². The molecule has 1 saturated heterocycles. The van der Waals surface area contributed by atoms with Gasteiger partial charge in [-0.15, -0.1) is 0 Å². The van der Waals surface area contributed by atoms with E-state index in [1.807, 2.05) is 20.8 Å². The Labute approximate surface area is 152 Å². The van der Waals surface area contributed by atoms with Crippen molar-refractivity contribution in [1.29, 1.82) is 0 Å². The van der Waals surface area contributed by atoms with E-state index in [1.165, 1.54) is 13.2 Å². The number of carbonyl (C=O) groups is 2. The smallest absolute Gasteiger partial charge is 0.410 e. The first-order valence-electron chi connectivity index (χ1n) is 8.53. The number of hydrogen-bond acceptors (Lipinski definition) is 6. The van der Waals surface area contributed by atoms with E-state index in [9.17, 15) is 14.7 Å². The summed E-state index contributed by atoms with van der Waals surface area (Å²) >= 11 is 0. The first-order chi connectivity index (χ1) is 12.2. The molecule has 0 radical (unpaired) electrons. The zero-order valence-electron chi connectivity index (χ0n) is 15.4.